The summed E-state index contributed by atoms with van der Waals surface area (Å²) in [6.45, 7) is 18.7. The molecule has 3 heterocycles. The van der Waals surface area contributed by atoms with Crippen LogP contribution in [0, 0.1) is 0 Å². The highest BCUT2D eigenvalue weighted by Gasteiger charge is 2.44. The molecule has 0 saturated heterocycles. The summed E-state index contributed by atoms with van der Waals surface area (Å²) in [6, 6.07) is 52.6. The molecular formula is C58H59BN2O. The number of nitrogens with zero attached hydrogens (tertiary/aromatic N) is 2. The lowest BCUT2D eigenvalue weighted by Gasteiger charge is -2.43. The second kappa shape index (κ2) is 15.4. The molecule has 4 heteroatoms. The lowest BCUT2D eigenvalue weighted by Crippen LogP contribution is -2.59. The van der Waals surface area contributed by atoms with Crippen molar-refractivity contribution in [1.82, 2.24) is 4.57 Å². The minimum absolute atomic E-state index is 0.0214. The molecular weight excluding hydrogens is 751 g/mol. The van der Waals surface area contributed by atoms with Crippen molar-refractivity contribution >= 4 is 62.0 Å². The predicted octanol–water partition coefficient (Wildman–Crippen LogP) is 14.1. The Bertz CT molecular complexity index is 2910. The van der Waals surface area contributed by atoms with Crippen molar-refractivity contribution in [1.29, 1.82) is 0 Å². The molecule has 0 saturated carbocycles. The van der Waals surface area contributed by atoms with Crippen LogP contribution >= 0.6 is 0 Å². The maximum absolute atomic E-state index is 7.35. The molecule has 0 unspecified atom stereocenters. The minimum Gasteiger partial charge on any atom is -0.458 e. The fourth-order valence-corrected chi connectivity index (χ4v) is 10.2. The largest absolute Gasteiger partial charge is 0.458 e. The van der Waals surface area contributed by atoms with Gasteiger partial charge in [0.05, 0.1) is 16.7 Å². The van der Waals surface area contributed by atoms with E-state index in [4.69, 9.17) is 4.74 Å². The van der Waals surface area contributed by atoms with Gasteiger partial charge in [-0.05, 0) is 123 Å². The van der Waals surface area contributed by atoms with E-state index in [0.717, 1.165) is 55.7 Å². The Labute approximate surface area is 369 Å². The molecule has 0 amide bonds. The molecule has 0 N–H and O–H groups in total. The summed E-state index contributed by atoms with van der Waals surface area (Å²) in [5, 5.41) is 2.52. The SMILES string of the molecule is CCCCc1cc(C(C)(C)C)cc(CCCC)c1N1c2ccc(-c3ccccc3)cc2B2c3ccc(-n4c5ccccc5c5ccccc54)cc3Oc3cc(C(C)(C)C)cc1c32. The summed E-state index contributed by atoms with van der Waals surface area (Å²) in [5.41, 5.74) is 19.2. The summed E-state index contributed by atoms with van der Waals surface area (Å²) in [5.74, 6) is 1.88. The van der Waals surface area contributed by atoms with E-state index in [1.807, 2.05) is 0 Å². The number of aromatic nitrogens is 1. The van der Waals surface area contributed by atoms with Gasteiger partial charge in [-0.2, -0.15) is 0 Å². The van der Waals surface area contributed by atoms with E-state index in [-0.39, 0.29) is 17.5 Å². The van der Waals surface area contributed by atoms with Gasteiger partial charge in [-0.3, -0.25) is 0 Å². The third-order valence-corrected chi connectivity index (χ3v) is 13.5. The average Bonchev–Trinajstić information content (AvgIpc) is 3.61. The van der Waals surface area contributed by atoms with Crippen LogP contribution in [0.5, 0.6) is 11.5 Å². The van der Waals surface area contributed by atoms with E-state index in [1.54, 1.807) is 0 Å². The summed E-state index contributed by atoms with van der Waals surface area (Å²) in [7, 11) is 0. The van der Waals surface area contributed by atoms with Crippen LogP contribution in [0.3, 0.4) is 0 Å². The Kier molecular flexibility index (Phi) is 9.97. The summed E-state index contributed by atoms with van der Waals surface area (Å²) in [6.07, 6.45) is 6.68. The number of aryl methyl sites for hydroxylation is 2. The zero-order valence-electron chi connectivity index (χ0n) is 37.9. The molecule has 62 heavy (non-hydrogen) atoms. The van der Waals surface area contributed by atoms with Gasteiger partial charge in [0, 0.05) is 33.9 Å². The summed E-state index contributed by atoms with van der Waals surface area (Å²) < 4.78 is 9.76. The van der Waals surface area contributed by atoms with E-state index in [2.05, 4.69) is 204 Å². The van der Waals surface area contributed by atoms with Gasteiger partial charge in [-0.15, -0.1) is 0 Å². The highest BCUT2D eigenvalue weighted by Crippen LogP contribution is 2.48. The number of unbranched alkanes of at least 4 members (excludes halogenated alkanes) is 2. The van der Waals surface area contributed by atoms with E-state index >= 15 is 0 Å². The van der Waals surface area contributed by atoms with Gasteiger partial charge in [0.2, 0.25) is 0 Å². The minimum atomic E-state index is -0.106. The second-order valence-electron chi connectivity index (χ2n) is 19.9. The molecule has 7 aromatic carbocycles. The number of anilines is 3. The van der Waals surface area contributed by atoms with Crippen LogP contribution in [-0.2, 0) is 23.7 Å². The van der Waals surface area contributed by atoms with Gasteiger partial charge in [-0.25, -0.2) is 0 Å². The smallest absolute Gasteiger partial charge is 0.256 e. The van der Waals surface area contributed by atoms with Crippen LogP contribution in [0.2, 0.25) is 0 Å². The molecule has 2 aliphatic heterocycles. The van der Waals surface area contributed by atoms with Crippen molar-refractivity contribution in [2.45, 2.75) is 105 Å². The van der Waals surface area contributed by atoms with Crippen molar-refractivity contribution < 1.29 is 4.74 Å². The molecule has 0 radical (unpaired) electrons. The van der Waals surface area contributed by atoms with E-state index in [1.165, 1.54) is 88.6 Å². The molecule has 0 spiro atoms. The fourth-order valence-electron chi connectivity index (χ4n) is 10.2. The Balaban J connectivity index is 1.27. The summed E-state index contributed by atoms with van der Waals surface area (Å²) >= 11 is 0. The van der Waals surface area contributed by atoms with Crippen LogP contribution in [0.4, 0.5) is 17.1 Å². The van der Waals surface area contributed by atoms with Gasteiger partial charge in [0.15, 0.2) is 0 Å². The molecule has 0 fully saturated rings. The highest BCUT2D eigenvalue weighted by atomic mass is 16.5. The number of rotatable bonds is 9. The van der Waals surface area contributed by atoms with Crippen LogP contribution < -0.4 is 26.0 Å². The quantitative estimate of drug-likeness (QED) is 0.135. The van der Waals surface area contributed by atoms with Crippen molar-refractivity contribution in [3.63, 3.8) is 0 Å². The Morgan fingerprint density at radius 2 is 1.11 bits per heavy atom. The molecule has 10 rings (SSSR count). The monoisotopic (exact) mass is 810 g/mol. The first-order valence-electron chi connectivity index (χ1n) is 23.1. The topological polar surface area (TPSA) is 17.4 Å². The van der Waals surface area contributed by atoms with E-state index in [9.17, 15) is 0 Å². The van der Waals surface area contributed by atoms with Crippen LogP contribution in [-0.4, -0.2) is 11.3 Å². The molecule has 310 valence electrons. The predicted molar refractivity (Wildman–Crippen MR) is 267 cm³/mol. The fraction of sp³-hybridized carbons (Fsp3) is 0.276. The van der Waals surface area contributed by atoms with Gasteiger partial charge >= 0.3 is 0 Å². The highest BCUT2D eigenvalue weighted by molar-refractivity contribution is 6.99. The van der Waals surface area contributed by atoms with Crippen LogP contribution in [0.25, 0.3) is 38.6 Å². The average molecular weight is 811 g/mol. The lowest BCUT2D eigenvalue weighted by molar-refractivity contribution is 0.483. The van der Waals surface area contributed by atoms with E-state index < -0.39 is 0 Å². The number of para-hydroxylation sites is 2. The number of fused-ring (bicyclic) bond motifs is 7. The molecule has 2 aliphatic rings. The first kappa shape index (κ1) is 40.1. The number of benzene rings is 7. The molecule has 3 nitrogen and oxygen atoms in total. The first-order chi connectivity index (χ1) is 29.9. The lowest BCUT2D eigenvalue weighted by atomic mass is 9.34. The Morgan fingerprint density at radius 1 is 0.516 bits per heavy atom. The Hall–Kier alpha value is -6.00. The molecule has 0 atom stereocenters. The van der Waals surface area contributed by atoms with Crippen molar-refractivity contribution in [2.75, 3.05) is 4.90 Å². The van der Waals surface area contributed by atoms with Crippen molar-refractivity contribution in [2.24, 2.45) is 0 Å². The first-order valence-corrected chi connectivity index (χ1v) is 23.1. The maximum Gasteiger partial charge on any atom is 0.256 e. The van der Waals surface area contributed by atoms with Crippen molar-refractivity contribution in [3.8, 4) is 28.3 Å². The maximum atomic E-state index is 7.35. The van der Waals surface area contributed by atoms with Gasteiger partial charge in [0.25, 0.3) is 6.71 Å². The molecule has 0 bridgehead atoms. The molecule has 0 aliphatic carbocycles. The van der Waals surface area contributed by atoms with Crippen LogP contribution in [0.15, 0.2) is 140 Å². The molecule has 8 aromatic rings. The number of hydrogen-bond acceptors (Lipinski definition) is 2. The third kappa shape index (κ3) is 6.74. The van der Waals surface area contributed by atoms with Crippen molar-refractivity contribution in [3.05, 3.63) is 162 Å². The third-order valence-electron chi connectivity index (χ3n) is 13.5. The standard InChI is InChI=1S/C58H59BN2O/c1-9-11-20-40-32-42(57(3,4)5)33-41(21-12-10-2)56(40)61-51-31-28-39(38-22-14-13-15-23-38)34-48(51)59-47-30-29-44(60-49-26-18-16-24-45(49)46-25-17-19-27-50(46)60)37-53(47)62-54-36-43(58(6,7)8)35-52(61)55(54)59/h13-19,22-37H,9-12,20-21H2,1-8H3. The summed E-state index contributed by atoms with van der Waals surface area (Å²) in [4.78, 5) is 2.68. The number of ether oxygens (including phenoxy) is 1. The number of hydrogen-bond donors (Lipinski definition) is 0. The van der Waals surface area contributed by atoms with Gasteiger partial charge in [0.1, 0.15) is 11.5 Å². The second-order valence-corrected chi connectivity index (χ2v) is 19.9. The van der Waals surface area contributed by atoms with Crippen LogP contribution in [0.1, 0.15) is 103 Å². The Morgan fingerprint density at radius 3 is 1.73 bits per heavy atom. The normalized spacial score (nSPS) is 13.3. The van der Waals surface area contributed by atoms with Gasteiger partial charge < -0.3 is 14.2 Å². The van der Waals surface area contributed by atoms with E-state index in [0.29, 0.717) is 0 Å². The zero-order valence-corrected chi connectivity index (χ0v) is 37.9. The van der Waals surface area contributed by atoms with Gasteiger partial charge in [-0.1, -0.05) is 165 Å². The molecule has 1 aromatic heterocycles. The zero-order chi connectivity index (χ0) is 42.9.